The summed E-state index contributed by atoms with van der Waals surface area (Å²) in [5.74, 6) is 0.689. The zero-order valence-electron chi connectivity index (χ0n) is 12.3. The van der Waals surface area contributed by atoms with Gasteiger partial charge in [0, 0.05) is 19.2 Å². The van der Waals surface area contributed by atoms with Crippen molar-refractivity contribution < 1.29 is 4.74 Å². The van der Waals surface area contributed by atoms with E-state index in [1.165, 1.54) is 19.3 Å². The highest BCUT2D eigenvalue weighted by molar-refractivity contribution is 6.22. The molecular formula is C14H18N6O2. The molecule has 0 fully saturated rings. The van der Waals surface area contributed by atoms with E-state index in [9.17, 15) is 4.79 Å². The summed E-state index contributed by atoms with van der Waals surface area (Å²) in [4.78, 5) is 16.8. The van der Waals surface area contributed by atoms with Gasteiger partial charge in [-0.15, -0.1) is 0 Å². The van der Waals surface area contributed by atoms with Crippen molar-refractivity contribution in [1.29, 1.82) is 5.41 Å². The zero-order chi connectivity index (χ0) is 15.9. The lowest BCUT2D eigenvalue weighted by molar-refractivity contribution is 0.315. The lowest BCUT2D eigenvalue weighted by Crippen LogP contribution is -2.27. The number of nitrogen functional groups attached to an aromatic ring is 1. The number of allylic oxidation sites excluding steroid dienone is 2. The number of ether oxygens (including phenoxy) is 1. The molecule has 116 valence electrons. The van der Waals surface area contributed by atoms with E-state index in [0.717, 1.165) is 12.8 Å². The van der Waals surface area contributed by atoms with Crippen molar-refractivity contribution in [2.45, 2.75) is 25.9 Å². The quantitative estimate of drug-likeness (QED) is 0.688. The number of rotatable bonds is 2. The van der Waals surface area contributed by atoms with Gasteiger partial charge in [0.2, 0.25) is 0 Å². The minimum absolute atomic E-state index is 0.166. The van der Waals surface area contributed by atoms with Gasteiger partial charge in [-0.2, -0.15) is 0 Å². The van der Waals surface area contributed by atoms with Crippen molar-refractivity contribution in [2.24, 2.45) is 10.7 Å². The Morgan fingerprint density at radius 1 is 1.23 bits per heavy atom. The molecule has 0 bridgehead atoms. The van der Waals surface area contributed by atoms with Crippen molar-refractivity contribution in [1.82, 2.24) is 9.36 Å². The fourth-order valence-electron chi connectivity index (χ4n) is 2.66. The van der Waals surface area contributed by atoms with Crippen molar-refractivity contribution in [3.05, 3.63) is 34.0 Å². The van der Waals surface area contributed by atoms with Gasteiger partial charge in [0.05, 0.1) is 24.2 Å². The van der Waals surface area contributed by atoms with Gasteiger partial charge in [-0.25, -0.2) is 9.67 Å². The van der Waals surface area contributed by atoms with Gasteiger partial charge < -0.3 is 16.2 Å². The molecule has 0 saturated heterocycles. The summed E-state index contributed by atoms with van der Waals surface area (Å²) >= 11 is 0. The van der Waals surface area contributed by atoms with Crippen molar-refractivity contribution in [2.75, 3.05) is 12.8 Å². The van der Waals surface area contributed by atoms with E-state index < -0.39 is 0 Å². The maximum absolute atomic E-state index is 12.4. The molecule has 1 aromatic heterocycles. The van der Waals surface area contributed by atoms with Crippen LogP contribution in [0, 0.1) is 5.41 Å². The average molecular weight is 302 g/mol. The molecule has 5 N–H and O–H groups in total. The van der Waals surface area contributed by atoms with Gasteiger partial charge in [0.1, 0.15) is 5.76 Å². The number of nitrogens with zero attached hydrogens (tertiary/aromatic N) is 3. The van der Waals surface area contributed by atoms with Crippen LogP contribution in [0.2, 0.25) is 0 Å². The molecule has 8 heteroatoms. The summed E-state index contributed by atoms with van der Waals surface area (Å²) in [5.41, 5.74) is 12.8. The van der Waals surface area contributed by atoms with Gasteiger partial charge in [0.15, 0.2) is 11.5 Å². The van der Waals surface area contributed by atoms with Crippen LogP contribution in [0.25, 0.3) is 0 Å². The van der Waals surface area contributed by atoms with E-state index in [1.54, 1.807) is 9.36 Å². The molecular weight excluding hydrogens is 284 g/mol. The highest BCUT2D eigenvalue weighted by atomic mass is 16.5. The molecule has 0 atom stereocenters. The Bertz CT molecular complexity index is 793. The SMILES string of the molecule is COC1=C/C(=N\c2c(N)n3n(c2=O)CCCC3)C(N)=CC1=N. The monoisotopic (exact) mass is 302 g/mol. The second-order valence-electron chi connectivity index (χ2n) is 5.22. The summed E-state index contributed by atoms with van der Waals surface area (Å²) < 4.78 is 8.47. The van der Waals surface area contributed by atoms with Crippen LogP contribution in [0.1, 0.15) is 12.8 Å². The molecule has 0 saturated carbocycles. The molecule has 2 aliphatic rings. The maximum Gasteiger partial charge on any atom is 0.294 e. The lowest BCUT2D eigenvalue weighted by Gasteiger charge is -2.17. The molecule has 2 heterocycles. The van der Waals surface area contributed by atoms with Crippen LogP contribution in [-0.2, 0) is 17.8 Å². The second kappa shape index (κ2) is 5.21. The number of nitrogens with one attached hydrogen (secondary N) is 1. The predicted octanol–water partition coefficient (Wildman–Crippen LogP) is 0.505. The van der Waals surface area contributed by atoms with Crippen LogP contribution in [0.3, 0.4) is 0 Å². The first kappa shape index (κ1) is 14.2. The largest absolute Gasteiger partial charge is 0.494 e. The van der Waals surface area contributed by atoms with Crippen LogP contribution in [0.5, 0.6) is 0 Å². The van der Waals surface area contributed by atoms with E-state index in [4.69, 9.17) is 21.6 Å². The van der Waals surface area contributed by atoms with E-state index in [0.29, 0.717) is 36.1 Å². The molecule has 0 unspecified atom stereocenters. The van der Waals surface area contributed by atoms with Crippen LogP contribution in [0.15, 0.2) is 33.4 Å². The third-order valence-electron chi connectivity index (χ3n) is 3.82. The van der Waals surface area contributed by atoms with E-state index >= 15 is 0 Å². The van der Waals surface area contributed by atoms with Gasteiger partial charge in [-0.3, -0.25) is 14.9 Å². The highest BCUT2D eigenvalue weighted by Crippen LogP contribution is 2.23. The summed E-state index contributed by atoms with van der Waals surface area (Å²) in [6, 6.07) is 0. The fourth-order valence-corrected chi connectivity index (χ4v) is 2.66. The Kier molecular flexibility index (Phi) is 3.36. The summed E-state index contributed by atoms with van der Waals surface area (Å²) in [5, 5.41) is 7.74. The van der Waals surface area contributed by atoms with Crippen LogP contribution < -0.4 is 17.0 Å². The number of hydrogen-bond acceptors (Lipinski definition) is 6. The first-order valence-electron chi connectivity index (χ1n) is 7.03. The molecule has 3 rings (SSSR count). The lowest BCUT2D eigenvalue weighted by atomic mass is 10.1. The van der Waals surface area contributed by atoms with E-state index in [-0.39, 0.29) is 17.0 Å². The normalized spacial score (nSPS) is 19.7. The first-order valence-corrected chi connectivity index (χ1v) is 7.03. The Balaban J connectivity index is 2.11. The summed E-state index contributed by atoms with van der Waals surface area (Å²) in [6.07, 6.45) is 4.92. The average Bonchev–Trinajstić information content (AvgIpc) is 2.75. The topological polar surface area (TPSA) is 124 Å². The molecule has 1 aliphatic heterocycles. The van der Waals surface area contributed by atoms with Crippen LogP contribution in [0.4, 0.5) is 11.5 Å². The third-order valence-corrected chi connectivity index (χ3v) is 3.82. The summed E-state index contributed by atoms with van der Waals surface area (Å²) in [7, 11) is 1.47. The van der Waals surface area contributed by atoms with Crippen LogP contribution >= 0.6 is 0 Å². The minimum atomic E-state index is -0.217. The number of nitrogens with two attached hydrogens (primary N) is 2. The highest BCUT2D eigenvalue weighted by Gasteiger charge is 2.22. The maximum atomic E-state index is 12.4. The number of aliphatic imine (C=N–C) groups is 1. The first-order chi connectivity index (χ1) is 10.5. The predicted molar refractivity (Wildman–Crippen MR) is 84.5 cm³/mol. The Labute approximate surface area is 126 Å². The number of hydrogen-bond donors (Lipinski definition) is 3. The Morgan fingerprint density at radius 3 is 2.55 bits per heavy atom. The molecule has 1 aliphatic carbocycles. The van der Waals surface area contributed by atoms with Crippen molar-refractivity contribution >= 4 is 22.9 Å². The molecule has 0 amide bonds. The molecule has 0 radical (unpaired) electrons. The second-order valence-corrected chi connectivity index (χ2v) is 5.22. The molecule has 22 heavy (non-hydrogen) atoms. The van der Waals surface area contributed by atoms with Gasteiger partial charge in [-0.05, 0) is 18.9 Å². The standard InChI is InChI=1S/C14H18N6O2/c1-22-11-7-10(8(15)6-9(11)16)18-12-13(17)19-4-2-3-5-20(19)14(12)21/h6-7,16H,2-5,15,17H2,1H3/b16-9?,18-10+. The molecule has 0 spiro atoms. The van der Waals surface area contributed by atoms with E-state index in [2.05, 4.69) is 4.99 Å². The fraction of sp³-hybridized carbons (Fsp3) is 0.357. The molecule has 1 aromatic rings. The van der Waals surface area contributed by atoms with Gasteiger partial charge in [0.25, 0.3) is 5.56 Å². The van der Waals surface area contributed by atoms with Gasteiger partial charge in [-0.1, -0.05) is 0 Å². The number of fused-ring (bicyclic) bond motifs is 1. The van der Waals surface area contributed by atoms with Gasteiger partial charge >= 0.3 is 0 Å². The molecule has 8 nitrogen and oxygen atoms in total. The molecule has 0 aromatic carbocycles. The Hall–Kier alpha value is -2.77. The van der Waals surface area contributed by atoms with Crippen molar-refractivity contribution in [3.8, 4) is 0 Å². The number of anilines is 1. The third kappa shape index (κ3) is 2.12. The summed E-state index contributed by atoms with van der Waals surface area (Å²) in [6.45, 7) is 1.35. The smallest absolute Gasteiger partial charge is 0.294 e. The van der Waals surface area contributed by atoms with Crippen LogP contribution in [-0.4, -0.2) is 27.9 Å². The zero-order valence-corrected chi connectivity index (χ0v) is 12.3. The number of aromatic nitrogens is 2. The minimum Gasteiger partial charge on any atom is -0.494 e. The number of methoxy groups -OCH3 is 1. The Morgan fingerprint density at radius 2 is 1.91 bits per heavy atom. The van der Waals surface area contributed by atoms with E-state index in [1.807, 2.05) is 0 Å². The van der Waals surface area contributed by atoms with Crippen molar-refractivity contribution in [3.63, 3.8) is 0 Å².